The number of phenols is 1. The van der Waals surface area contributed by atoms with E-state index in [0.717, 1.165) is 10.5 Å². The Morgan fingerprint density at radius 3 is 2.33 bits per heavy atom. The quantitative estimate of drug-likeness (QED) is 0.802. The molecule has 0 saturated heterocycles. The predicted octanol–water partition coefficient (Wildman–Crippen LogP) is 3.50. The first-order valence-electron chi connectivity index (χ1n) is 6.82. The van der Waals surface area contributed by atoms with Gasteiger partial charge in [-0.05, 0) is 62.0 Å². The molecule has 0 radical (unpaired) electrons. The normalized spacial score (nSPS) is 12.1. The van der Waals surface area contributed by atoms with Gasteiger partial charge in [-0.25, -0.2) is 4.72 Å². The van der Waals surface area contributed by atoms with Crippen molar-refractivity contribution < 1.29 is 9.90 Å². The first-order valence-corrected chi connectivity index (χ1v) is 7.63. The lowest BCUT2D eigenvalue weighted by Crippen LogP contribution is -2.32. The number of rotatable bonds is 6. The van der Waals surface area contributed by atoms with Crippen molar-refractivity contribution in [3.63, 3.8) is 0 Å². The molecule has 0 heterocycles. The molecule has 0 bridgehead atoms. The largest absolute Gasteiger partial charge is 0.508 e. The molecule has 2 rings (SSSR count). The van der Waals surface area contributed by atoms with Crippen LogP contribution in [0.15, 0.2) is 53.4 Å². The number of hydrogen-bond acceptors (Lipinski definition) is 4. The number of carbonyl (C=O) groups excluding carboxylic acids is 1. The van der Waals surface area contributed by atoms with E-state index >= 15 is 0 Å². The van der Waals surface area contributed by atoms with Gasteiger partial charge >= 0.3 is 0 Å². The molecule has 0 aliphatic rings. The summed E-state index contributed by atoms with van der Waals surface area (Å²) in [5, 5.41) is 9.29. The predicted molar refractivity (Wildman–Crippen MR) is 86.5 cm³/mol. The fourth-order valence-electron chi connectivity index (χ4n) is 1.88. The van der Waals surface area contributed by atoms with Crippen LogP contribution in [-0.4, -0.2) is 16.9 Å². The van der Waals surface area contributed by atoms with Crippen molar-refractivity contribution in [2.24, 2.45) is 0 Å². The summed E-state index contributed by atoms with van der Waals surface area (Å²) in [5.41, 5.74) is 2.23. The van der Waals surface area contributed by atoms with Gasteiger partial charge in [0.15, 0.2) is 0 Å². The Morgan fingerprint density at radius 1 is 1.14 bits per heavy atom. The smallest absolute Gasteiger partial charge is 0.147 e. The number of carbonyl (C=O) groups is 1. The number of nitrogens with one attached hydrogen (secondary N) is 1. The van der Waals surface area contributed by atoms with E-state index in [4.69, 9.17) is 0 Å². The van der Waals surface area contributed by atoms with E-state index < -0.39 is 0 Å². The van der Waals surface area contributed by atoms with E-state index in [-0.39, 0.29) is 17.6 Å². The van der Waals surface area contributed by atoms with Crippen LogP contribution in [0.4, 0.5) is 0 Å². The highest BCUT2D eigenvalue weighted by Gasteiger charge is 2.14. The number of Topliss-reactive ketones (excluding diaryl/α,β-unsaturated/α-hetero) is 1. The highest BCUT2D eigenvalue weighted by atomic mass is 32.2. The summed E-state index contributed by atoms with van der Waals surface area (Å²) in [6.07, 6.45) is 0.606. The lowest BCUT2D eigenvalue weighted by Gasteiger charge is -2.15. The van der Waals surface area contributed by atoms with Crippen LogP contribution in [0, 0.1) is 6.92 Å². The standard InChI is InChI=1S/C17H19NO2S/c1-12-3-9-16(10-4-12)21-18-17(13(2)19)11-14-5-7-15(20)8-6-14/h3-10,17-18,20H,11H2,1-2H3. The summed E-state index contributed by atoms with van der Waals surface area (Å²) in [5.74, 6) is 0.336. The number of benzene rings is 2. The van der Waals surface area contributed by atoms with Crippen molar-refractivity contribution >= 4 is 17.7 Å². The molecule has 2 N–H and O–H groups in total. The second-order valence-corrected chi connectivity index (χ2v) is 5.98. The van der Waals surface area contributed by atoms with Gasteiger partial charge < -0.3 is 5.11 Å². The van der Waals surface area contributed by atoms with Crippen molar-refractivity contribution in [1.82, 2.24) is 4.72 Å². The van der Waals surface area contributed by atoms with E-state index in [1.807, 2.05) is 43.3 Å². The Hall–Kier alpha value is -1.78. The van der Waals surface area contributed by atoms with Crippen LogP contribution in [0.5, 0.6) is 5.75 Å². The highest BCUT2D eigenvalue weighted by Crippen LogP contribution is 2.18. The van der Waals surface area contributed by atoms with Crippen LogP contribution in [0.25, 0.3) is 0 Å². The molecule has 3 nitrogen and oxygen atoms in total. The van der Waals surface area contributed by atoms with E-state index in [9.17, 15) is 9.90 Å². The van der Waals surface area contributed by atoms with Gasteiger partial charge in [0.2, 0.25) is 0 Å². The van der Waals surface area contributed by atoms with Gasteiger partial charge in [-0.15, -0.1) is 0 Å². The molecular formula is C17H19NO2S. The summed E-state index contributed by atoms with van der Waals surface area (Å²) < 4.78 is 3.22. The minimum absolute atomic E-state index is 0.0997. The maximum absolute atomic E-state index is 11.8. The second kappa shape index (κ2) is 7.29. The summed E-state index contributed by atoms with van der Waals surface area (Å²) in [6, 6.07) is 14.9. The third kappa shape index (κ3) is 4.92. The average Bonchev–Trinajstić information content (AvgIpc) is 2.47. The lowest BCUT2D eigenvalue weighted by molar-refractivity contribution is -0.118. The molecule has 0 spiro atoms. The van der Waals surface area contributed by atoms with E-state index in [1.165, 1.54) is 17.5 Å². The number of phenolic OH excluding ortho intramolecular Hbond substituents is 1. The molecule has 0 aliphatic carbocycles. The Balaban J connectivity index is 1.97. The van der Waals surface area contributed by atoms with Gasteiger partial charge in [-0.1, -0.05) is 29.8 Å². The monoisotopic (exact) mass is 301 g/mol. The Bertz CT molecular complexity index is 593. The molecule has 0 aliphatic heterocycles. The zero-order valence-corrected chi connectivity index (χ0v) is 13.0. The zero-order chi connectivity index (χ0) is 15.2. The topological polar surface area (TPSA) is 49.3 Å². The minimum Gasteiger partial charge on any atom is -0.508 e. The fraction of sp³-hybridized carbons (Fsp3) is 0.235. The van der Waals surface area contributed by atoms with Gasteiger partial charge in [0.25, 0.3) is 0 Å². The second-order valence-electron chi connectivity index (χ2n) is 5.07. The maximum Gasteiger partial charge on any atom is 0.147 e. The molecule has 1 unspecified atom stereocenters. The fourth-order valence-corrected chi connectivity index (χ4v) is 2.68. The maximum atomic E-state index is 11.8. The molecule has 110 valence electrons. The SMILES string of the molecule is CC(=O)C(Cc1ccc(O)cc1)NSc1ccc(C)cc1. The summed E-state index contributed by atoms with van der Waals surface area (Å²) in [7, 11) is 0. The third-order valence-corrected chi connectivity index (χ3v) is 4.12. The van der Waals surface area contributed by atoms with Crippen molar-refractivity contribution in [2.45, 2.75) is 31.2 Å². The van der Waals surface area contributed by atoms with Crippen LogP contribution in [0.1, 0.15) is 18.1 Å². The Labute approximate surface area is 129 Å². The van der Waals surface area contributed by atoms with Crippen LogP contribution >= 0.6 is 11.9 Å². The Morgan fingerprint density at radius 2 is 1.76 bits per heavy atom. The van der Waals surface area contributed by atoms with Crippen molar-refractivity contribution in [1.29, 1.82) is 0 Å². The average molecular weight is 301 g/mol. The van der Waals surface area contributed by atoms with Crippen LogP contribution in [-0.2, 0) is 11.2 Å². The highest BCUT2D eigenvalue weighted by molar-refractivity contribution is 7.97. The van der Waals surface area contributed by atoms with Crippen molar-refractivity contribution in [3.05, 3.63) is 59.7 Å². The molecule has 4 heteroatoms. The molecule has 21 heavy (non-hydrogen) atoms. The Kier molecular flexibility index (Phi) is 5.42. The van der Waals surface area contributed by atoms with Gasteiger partial charge in [0, 0.05) is 4.90 Å². The van der Waals surface area contributed by atoms with E-state index in [0.29, 0.717) is 6.42 Å². The molecule has 2 aromatic rings. The molecule has 0 aromatic heterocycles. The molecule has 0 amide bonds. The van der Waals surface area contributed by atoms with E-state index in [2.05, 4.69) is 4.72 Å². The first kappa shape index (κ1) is 15.6. The minimum atomic E-state index is -0.249. The van der Waals surface area contributed by atoms with E-state index in [1.54, 1.807) is 19.1 Å². The van der Waals surface area contributed by atoms with Crippen LogP contribution in [0.3, 0.4) is 0 Å². The third-order valence-electron chi connectivity index (χ3n) is 3.21. The molecule has 2 aromatic carbocycles. The first-order chi connectivity index (χ1) is 10.0. The summed E-state index contributed by atoms with van der Waals surface area (Å²) in [6.45, 7) is 3.64. The number of aryl methyl sites for hydroxylation is 1. The summed E-state index contributed by atoms with van der Waals surface area (Å²) >= 11 is 1.47. The lowest BCUT2D eigenvalue weighted by atomic mass is 10.0. The summed E-state index contributed by atoms with van der Waals surface area (Å²) in [4.78, 5) is 12.8. The van der Waals surface area contributed by atoms with Crippen LogP contribution in [0.2, 0.25) is 0 Å². The zero-order valence-electron chi connectivity index (χ0n) is 12.2. The molecule has 0 fully saturated rings. The van der Waals surface area contributed by atoms with Crippen molar-refractivity contribution in [2.75, 3.05) is 0 Å². The van der Waals surface area contributed by atoms with Gasteiger partial charge in [0.05, 0.1) is 6.04 Å². The number of hydrogen-bond donors (Lipinski definition) is 2. The molecule has 0 saturated carbocycles. The van der Waals surface area contributed by atoms with Gasteiger partial charge in [-0.2, -0.15) is 0 Å². The van der Waals surface area contributed by atoms with Crippen molar-refractivity contribution in [3.8, 4) is 5.75 Å². The molecule has 1 atom stereocenters. The number of aromatic hydroxyl groups is 1. The van der Waals surface area contributed by atoms with Gasteiger partial charge in [-0.3, -0.25) is 4.79 Å². The van der Waals surface area contributed by atoms with Gasteiger partial charge in [0.1, 0.15) is 11.5 Å². The number of ketones is 1. The van der Waals surface area contributed by atoms with Crippen LogP contribution < -0.4 is 4.72 Å². The molecular weight excluding hydrogens is 282 g/mol.